The van der Waals surface area contributed by atoms with Gasteiger partial charge in [-0.15, -0.1) is 11.3 Å². The molecule has 1 aliphatic rings. The van der Waals surface area contributed by atoms with Crippen molar-refractivity contribution in [3.05, 3.63) is 58.7 Å². The second kappa shape index (κ2) is 5.55. The van der Waals surface area contributed by atoms with E-state index in [1.54, 1.807) is 17.4 Å². The van der Waals surface area contributed by atoms with Crippen LogP contribution in [0.1, 0.15) is 16.8 Å². The zero-order valence-electron chi connectivity index (χ0n) is 12.3. The van der Waals surface area contributed by atoms with Crippen molar-refractivity contribution in [2.75, 3.05) is 11.4 Å². The van der Waals surface area contributed by atoms with Crippen LogP contribution in [-0.4, -0.2) is 27.0 Å². The smallest absolute Gasteiger partial charge is 0.328 e. The number of imidazole rings is 1. The third-order valence-electron chi connectivity index (χ3n) is 4.09. The number of aliphatic carboxylic acids is 1. The molecule has 5 nitrogen and oxygen atoms in total. The normalized spacial score (nSPS) is 14.5. The highest BCUT2D eigenvalue weighted by Gasteiger charge is 2.22. The molecule has 3 aromatic rings. The first-order valence-corrected chi connectivity index (χ1v) is 8.28. The Bertz CT molecular complexity index is 910. The van der Waals surface area contributed by atoms with E-state index in [-0.39, 0.29) is 0 Å². The average molecular weight is 325 g/mol. The van der Waals surface area contributed by atoms with Crippen molar-refractivity contribution in [1.82, 2.24) is 9.38 Å². The summed E-state index contributed by atoms with van der Waals surface area (Å²) in [6.07, 6.45) is 5.70. The molecule has 0 atom stereocenters. The highest BCUT2D eigenvalue weighted by atomic mass is 32.1. The second-order valence-corrected chi connectivity index (χ2v) is 6.36. The number of rotatable bonds is 3. The predicted octanol–water partition coefficient (Wildman–Crippen LogP) is 3.06. The number of thiazole rings is 1. The van der Waals surface area contributed by atoms with Gasteiger partial charge in [0.25, 0.3) is 0 Å². The van der Waals surface area contributed by atoms with E-state index >= 15 is 0 Å². The number of nitrogens with zero attached hydrogens (tertiary/aromatic N) is 3. The van der Waals surface area contributed by atoms with Crippen molar-refractivity contribution < 1.29 is 9.90 Å². The van der Waals surface area contributed by atoms with Gasteiger partial charge in [-0.2, -0.15) is 0 Å². The van der Waals surface area contributed by atoms with Crippen LogP contribution in [0, 0.1) is 0 Å². The zero-order valence-corrected chi connectivity index (χ0v) is 13.2. The van der Waals surface area contributed by atoms with Crippen molar-refractivity contribution in [2.24, 2.45) is 0 Å². The fraction of sp³-hybridized carbons (Fsp3) is 0.176. The first-order chi connectivity index (χ1) is 11.2. The van der Waals surface area contributed by atoms with Gasteiger partial charge in [-0.05, 0) is 23.6 Å². The fourth-order valence-electron chi connectivity index (χ4n) is 3.01. The zero-order chi connectivity index (χ0) is 15.8. The molecule has 0 unspecified atom stereocenters. The van der Waals surface area contributed by atoms with Crippen LogP contribution in [0.15, 0.2) is 41.9 Å². The number of aromatic nitrogens is 2. The van der Waals surface area contributed by atoms with Crippen molar-refractivity contribution in [2.45, 2.75) is 13.0 Å². The molecule has 116 valence electrons. The third-order valence-corrected chi connectivity index (χ3v) is 4.85. The molecular weight excluding hydrogens is 310 g/mol. The minimum Gasteiger partial charge on any atom is -0.478 e. The van der Waals surface area contributed by atoms with E-state index in [4.69, 9.17) is 10.1 Å². The summed E-state index contributed by atoms with van der Waals surface area (Å²) in [5, 5.41) is 10.9. The van der Waals surface area contributed by atoms with Crippen LogP contribution < -0.4 is 4.90 Å². The first-order valence-electron chi connectivity index (χ1n) is 7.40. The molecule has 1 aromatic carbocycles. The minimum atomic E-state index is -0.954. The Labute approximate surface area is 137 Å². The van der Waals surface area contributed by atoms with Crippen molar-refractivity contribution in [3.8, 4) is 0 Å². The standard InChI is InChI=1S/C17H15N3O2S/c21-15(22)6-5-14-16(18-17-20(14)9-10-23-17)19-8-7-12-3-1-2-4-13(12)11-19/h1-6,9-10H,7-8,11H2,(H,21,22)/b6-5+. The summed E-state index contributed by atoms with van der Waals surface area (Å²) in [5.41, 5.74) is 3.51. The summed E-state index contributed by atoms with van der Waals surface area (Å²) in [5.74, 6) is -0.103. The quantitative estimate of drug-likeness (QED) is 0.752. The van der Waals surface area contributed by atoms with Crippen LogP contribution in [-0.2, 0) is 17.8 Å². The van der Waals surface area contributed by atoms with Gasteiger partial charge in [-0.3, -0.25) is 4.40 Å². The summed E-state index contributed by atoms with van der Waals surface area (Å²) in [6, 6.07) is 8.44. The molecule has 0 aliphatic carbocycles. The number of carboxylic acid groups (broad SMARTS) is 1. The van der Waals surface area contributed by atoms with Crippen LogP contribution in [0.4, 0.5) is 5.82 Å². The van der Waals surface area contributed by atoms with Crippen LogP contribution in [0.3, 0.4) is 0 Å². The molecule has 2 aromatic heterocycles. The lowest BCUT2D eigenvalue weighted by atomic mass is 10.00. The van der Waals surface area contributed by atoms with E-state index in [1.807, 2.05) is 16.0 Å². The molecule has 0 amide bonds. The Morgan fingerprint density at radius 2 is 2.13 bits per heavy atom. The topological polar surface area (TPSA) is 57.8 Å². The first kappa shape index (κ1) is 14.0. The SMILES string of the molecule is O=C(O)/C=C/c1c(N2CCc3ccccc3C2)nc2sccn12. The van der Waals surface area contributed by atoms with Crippen LogP contribution in [0.25, 0.3) is 11.0 Å². The van der Waals surface area contributed by atoms with E-state index in [0.717, 1.165) is 36.0 Å². The van der Waals surface area contributed by atoms with E-state index in [2.05, 4.69) is 29.2 Å². The molecule has 1 N–H and O–H groups in total. The molecular formula is C17H15N3O2S. The van der Waals surface area contributed by atoms with Gasteiger partial charge in [0.2, 0.25) is 0 Å². The lowest BCUT2D eigenvalue weighted by Crippen LogP contribution is -2.31. The Morgan fingerprint density at radius 1 is 1.30 bits per heavy atom. The lowest BCUT2D eigenvalue weighted by molar-refractivity contribution is -0.131. The number of anilines is 1. The van der Waals surface area contributed by atoms with Gasteiger partial charge in [0.05, 0.1) is 5.69 Å². The lowest BCUT2D eigenvalue weighted by Gasteiger charge is -2.29. The number of hydrogen-bond acceptors (Lipinski definition) is 4. The van der Waals surface area contributed by atoms with Crippen LogP contribution in [0.2, 0.25) is 0 Å². The second-order valence-electron chi connectivity index (χ2n) is 5.49. The Hall–Kier alpha value is -2.60. The highest BCUT2D eigenvalue weighted by Crippen LogP contribution is 2.30. The van der Waals surface area contributed by atoms with E-state index in [0.29, 0.717) is 0 Å². The van der Waals surface area contributed by atoms with Crippen LogP contribution >= 0.6 is 11.3 Å². The Morgan fingerprint density at radius 3 is 2.96 bits per heavy atom. The van der Waals surface area contributed by atoms with Gasteiger partial charge in [0.15, 0.2) is 10.8 Å². The molecule has 0 radical (unpaired) electrons. The van der Waals surface area contributed by atoms with Gasteiger partial charge in [0.1, 0.15) is 0 Å². The van der Waals surface area contributed by atoms with Gasteiger partial charge in [-0.1, -0.05) is 24.3 Å². The van der Waals surface area contributed by atoms with Crippen LogP contribution in [0.5, 0.6) is 0 Å². The maximum Gasteiger partial charge on any atom is 0.328 e. The van der Waals surface area contributed by atoms with Gasteiger partial charge in [0, 0.05) is 30.7 Å². The molecule has 4 rings (SSSR count). The minimum absolute atomic E-state index is 0.801. The van der Waals surface area contributed by atoms with E-state index in [1.165, 1.54) is 17.2 Å². The predicted molar refractivity (Wildman–Crippen MR) is 90.9 cm³/mol. The Balaban J connectivity index is 1.76. The summed E-state index contributed by atoms with van der Waals surface area (Å²) >= 11 is 1.55. The van der Waals surface area contributed by atoms with Crippen molar-refractivity contribution >= 4 is 34.2 Å². The number of carbonyl (C=O) groups is 1. The maximum absolute atomic E-state index is 10.9. The number of carboxylic acids is 1. The molecule has 3 heterocycles. The molecule has 0 spiro atoms. The molecule has 0 saturated carbocycles. The largest absolute Gasteiger partial charge is 0.478 e. The third kappa shape index (κ3) is 2.51. The highest BCUT2D eigenvalue weighted by molar-refractivity contribution is 7.15. The molecule has 6 heteroatoms. The number of benzene rings is 1. The molecule has 0 saturated heterocycles. The summed E-state index contributed by atoms with van der Waals surface area (Å²) < 4.78 is 1.94. The maximum atomic E-state index is 10.9. The number of hydrogen-bond donors (Lipinski definition) is 1. The summed E-state index contributed by atoms with van der Waals surface area (Å²) in [4.78, 5) is 18.7. The van der Waals surface area contributed by atoms with Gasteiger partial charge in [-0.25, -0.2) is 9.78 Å². The monoisotopic (exact) mass is 325 g/mol. The molecule has 0 bridgehead atoms. The van der Waals surface area contributed by atoms with Crippen molar-refractivity contribution in [3.63, 3.8) is 0 Å². The fourth-order valence-corrected chi connectivity index (χ4v) is 3.72. The average Bonchev–Trinajstić information content (AvgIpc) is 3.13. The van der Waals surface area contributed by atoms with Gasteiger partial charge >= 0.3 is 5.97 Å². The molecule has 1 aliphatic heterocycles. The summed E-state index contributed by atoms with van der Waals surface area (Å²) in [6.45, 7) is 1.69. The molecule has 23 heavy (non-hydrogen) atoms. The van der Waals surface area contributed by atoms with E-state index < -0.39 is 5.97 Å². The van der Waals surface area contributed by atoms with Crippen molar-refractivity contribution in [1.29, 1.82) is 0 Å². The molecule has 0 fully saturated rings. The number of fused-ring (bicyclic) bond motifs is 2. The summed E-state index contributed by atoms with van der Waals surface area (Å²) in [7, 11) is 0. The van der Waals surface area contributed by atoms with Gasteiger partial charge < -0.3 is 10.0 Å². The van der Waals surface area contributed by atoms with E-state index in [9.17, 15) is 4.79 Å². The Kier molecular flexibility index (Phi) is 3.38.